The van der Waals surface area contributed by atoms with Crippen molar-refractivity contribution in [3.05, 3.63) is 0 Å². The molecule has 1 saturated carbocycles. The van der Waals surface area contributed by atoms with Crippen molar-refractivity contribution >= 4 is 40.4 Å². The van der Waals surface area contributed by atoms with Crippen molar-refractivity contribution in [3.63, 3.8) is 0 Å². The van der Waals surface area contributed by atoms with Crippen LogP contribution in [-0.4, -0.2) is 59.0 Å². The van der Waals surface area contributed by atoms with Crippen molar-refractivity contribution in [2.45, 2.75) is 55.7 Å². The van der Waals surface area contributed by atoms with Crippen molar-refractivity contribution < 1.29 is 19.1 Å². The van der Waals surface area contributed by atoms with Crippen molar-refractivity contribution in [1.29, 1.82) is 0 Å². The molecule has 1 atom stereocenters. The average Bonchev–Trinajstić information content (AvgIpc) is 3.01. The molecule has 8 nitrogen and oxygen atoms in total. The second-order valence-electron chi connectivity index (χ2n) is 6.06. The number of carbonyl (C=O) groups excluding carboxylic acids is 2. The molecule has 1 aliphatic heterocycles. The first-order chi connectivity index (χ1) is 12.1. The molecule has 0 N–H and O–H groups in total. The van der Waals surface area contributed by atoms with E-state index in [9.17, 15) is 9.59 Å². The van der Waals surface area contributed by atoms with E-state index in [2.05, 4.69) is 17.1 Å². The van der Waals surface area contributed by atoms with Crippen LogP contribution in [0, 0.1) is 0 Å². The van der Waals surface area contributed by atoms with Gasteiger partial charge in [0.2, 0.25) is 5.13 Å². The van der Waals surface area contributed by atoms with Crippen LogP contribution < -0.4 is 4.90 Å². The van der Waals surface area contributed by atoms with Gasteiger partial charge in [0.15, 0.2) is 10.6 Å². The first-order valence-electron chi connectivity index (χ1n) is 8.46. The SMILES string of the molecule is CCCSc1nnc(N2C(=O)N(C)CCC2OC(=O)OC2CCC2)s1. The molecule has 0 aromatic carbocycles. The highest BCUT2D eigenvalue weighted by Crippen LogP contribution is 2.32. The summed E-state index contributed by atoms with van der Waals surface area (Å²) in [6.45, 7) is 2.60. The number of urea groups is 1. The molecule has 0 bridgehead atoms. The minimum atomic E-state index is -0.720. The zero-order valence-corrected chi connectivity index (χ0v) is 16.0. The van der Waals surface area contributed by atoms with Gasteiger partial charge in [-0.25, -0.2) is 14.5 Å². The van der Waals surface area contributed by atoms with Crippen LogP contribution >= 0.6 is 23.1 Å². The molecular weight excluding hydrogens is 364 g/mol. The molecule has 0 spiro atoms. The molecule has 1 aromatic rings. The van der Waals surface area contributed by atoms with Crippen molar-refractivity contribution in [2.24, 2.45) is 0 Å². The summed E-state index contributed by atoms with van der Waals surface area (Å²) in [4.78, 5) is 27.6. The van der Waals surface area contributed by atoms with Gasteiger partial charge in [-0.15, -0.1) is 10.2 Å². The summed E-state index contributed by atoms with van der Waals surface area (Å²) in [5.74, 6) is 0.941. The number of nitrogens with zero attached hydrogens (tertiary/aromatic N) is 4. The third-order valence-electron chi connectivity index (χ3n) is 4.11. The molecule has 25 heavy (non-hydrogen) atoms. The summed E-state index contributed by atoms with van der Waals surface area (Å²) in [7, 11) is 1.71. The number of carbonyl (C=O) groups is 2. The van der Waals surface area contributed by atoms with E-state index in [4.69, 9.17) is 9.47 Å². The van der Waals surface area contributed by atoms with Gasteiger partial charge in [-0.1, -0.05) is 30.0 Å². The third kappa shape index (κ3) is 4.35. The van der Waals surface area contributed by atoms with E-state index < -0.39 is 12.4 Å². The highest BCUT2D eigenvalue weighted by atomic mass is 32.2. The lowest BCUT2D eigenvalue weighted by Gasteiger charge is -2.37. The number of hydrogen-bond donors (Lipinski definition) is 0. The molecule has 2 heterocycles. The van der Waals surface area contributed by atoms with E-state index in [0.29, 0.717) is 18.1 Å². The number of thioether (sulfide) groups is 1. The van der Waals surface area contributed by atoms with Crippen molar-refractivity contribution in [1.82, 2.24) is 15.1 Å². The zero-order chi connectivity index (χ0) is 17.8. The van der Waals surface area contributed by atoms with Gasteiger partial charge in [0.25, 0.3) is 0 Å². The highest BCUT2D eigenvalue weighted by molar-refractivity contribution is 8.01. The molecule has 2 aliphatic rings. The first-order valence-corrected chi connectivity index (χ1v) is 10.3. The monoisotopic (exact) mass is 386 g/mol. The number of aromatic nitrogens is 2. The van der Waals surface area contributed by atoms with E-state index in [1.807, 2.05) is 0 Å². The lowest BCUT2D eigenvalue weighted by molar-refractivity contribution is -0.0276. The Labute approximate surface area is 154 Å². The normalized spacial score (nSPS) is 21.2. The lowest BCUT2D eigenvalue weighted by atomic mass is 9.96. The Balaban J connectivity index is 1.69. The van der Waals surface area contributed by atoms with Crippen LogP contribution in [0.15, 0.2) is 4.34 Å². The van der Waals surface area contributed by atoms with Crippen molar-refractivity contribution in [3.8, 4) is 0 Å². The molecule has 2 fully saturated rings. The number of hydrogen-bond acceptors (Lipinski definition) is 8. The van der Waals surface area contributed by atoms with Crippen LogP contribution in [0.25, 0.3) is 0 Å². The summed E-state index contributed by atoms with van der Waals surface area (Å²) in [6, 6.07) is -0.254. The van der Waals surface area contributed by atoms with Gasteiger partial charge >= 0.3 is 12.2 Å². The van der Waals surface area contributed by atoms with Crippen LogP contribution in [0.1, 0.15) is 39.0 Å². The average molecular weight is 386 g/mol. The molecule has 2 amide bonds. The maximum absolute atomic E-state index is 12.6. The van der Waals surface area contributed by atoms with Crippen LogP contribution in [0.5, 0.6) is 0 Å². The quantitative estimate of drug-likeness (QED) is 0.421. The molecule has 138 valence electrons. The molecule has 1 saturated heterocycles. The second kappa shape index (κ2) is 8.22. The number of rotatable bonds is 6. The maximum Gasteiger partial charge on any atom is 0.510 e. The first kappa shape index (κ1) is 18.2. The fourth-order valence-corrected chi connectivity index (χ4v) is 4.26. The predicted molar refractivity (Wildman–Crippen MR) is 95.0 cm³/mol. The fraction of sp³-hybridized carbons (Fsp3) is 0.733. The lowest BCUT2D eigenvalue weighted by Crippen LogP contribution is -2.55. The van der Waals surface area contributed by atoms with Gasteiger partial charge in [-0.05, 0) is 25.7 Å². The van der Waals surface area contributed by atoms with E-state index in [1.165, 1.54) is 16.2 Å². The Morgan fingerprint density at radius 2 is 2.12 bits per heavy atom. The Morgan fingerprint density at radius 3 is 2.80 bits per heavy atom. The molecule has 1 aromatic heterocycles. The van der Waals surface area contributed by atoms with Gasteiger partial charge in [0.1, 0.15) is 6.10 Å². The molecular formula is C15H22N4O4S2. The topological polar surface area (TPSA) is 84.9 Å². The molecule has 10 heteroatoms. The Hall–Kier alpha value is -1.55. The van der Waals surface area contributed by atoms with Crippen LogP contribution in [0.2, 0.25) is 0 Å². The summed E-state index contributed by atoms with van der Waals surface area (Å²) < 4.78 is 11.5. The Morgan fingerprint density at radius 1 is 1.32 bits per heavy atom. The van der Waals surface area contributed by atoms with E-state index >= 15 is 0 Å². The summed E-state index contributed by atoms with van der Waals surface area (Å²) >= 11 is 2.93. The summed E-state index contributed by atoms with van der Waals surface area (Å²) in [5.41, 5.74) is 0. The Kier molecular flexibility index (Phi) is 6.00. The summed E-state index contributed by atoms with van der Waals surface area (Å²) in [5, 5.41) is 8.68. The van der Waals surface area contributed by atoms with Crippen molar-refractivity contribution in [2.75, 3.05) is 24.2 Å². The number of ether oxygens (including phenoxy) is 2. The second-order valence-corrected chi connectivity index (χ2v) is 8.35. The van der Waals surface area contributed by atoms with Gasteiger partial charge in [0.05, 0.1) is 0 Å². The third-order valence-corrected chi connectivity index (χ3v) is 6.37. The van der Waals surface area contributed by atoms with Gasteiger partial charge < -0.3 is 14.4 Å². The van der Waals surface area contributed by atoms with Gasteiger partial charge in [-0.2, -0.15) is 0 Å². The number of anilines is 1. The minimum absolute atomic E-state index is 0.0542. The maximum atomic E-state index is 12.6. The molecule has 1 aliphatic carbocycles. The van der Waals surface area contributed by atoms with Gasteiger partial charge in [0, 0.05) is 25.8 Å². The highest BCUT2D eigenvalue weighted by Gasteiger charge is 2.38. The number of amides is 2. The zero-order valence-electron chi connectivity index (χ0n) is 14.3. The molecule has 1 unspecified atom stereocenters. The fourth-order valence-electron chi connectivity index (χ4n) is 2.46. The molecule has 3 rings (SSSR count). The van der Waals surface area contributed by atoms with Crippen LogP contribution in [0.3, 0.4) is 0 Å². The van der Waals surface area contributed by atoms with E-state index in [0.717, 1.165) is 35.8 Å². The smallest absolute Gasteiger partial charge is 0.431 e. The Bertz CT molecular complexity index is 622. The largest absolute Gasteiger partial charge is 0.510 e. The van der Waals surface area contributed by atoms with E-state index in [1.54, 1.807) is 23.7 Å². The summed E-state index contributed by atoms with van der Waals surface area (Å²) in [6.07, 6.45) is 2.86. The van der Waals surface area contributed by atoms with E-state index in [-0.39, 0.29) is 12.1 Å². The predicted octanol–water partition coefficient (Wildman–Crippen LogP) is 3.33. The van der Waals surface area contributed by atoms with Gasteiger partial charge in [-0.3, -0.25) is 0 Å². The minimum Gasteiger partial charge on any atom is -0.431 e. The standard InChI is InChI=1S/C15H22N4O4S2/c1-3-9-24-13-17-16-12(25-13)19-11(7-8-18(2)14(19)20)23-15(21)22-10-5-4-6-10/h10-11H,3-9H2,1-2H3. The molecule has 0 radical (unpaired) electrons. The van der Waals surface area contributed by atoms with Crippen LogP contribution in [0.4, 0.5) is 14.7 Å². The van der Waals surface area contributed by atoms with Crippen LogP contribution in [-0.2, 0) is 9.47 Å².